The van der Waals surface area contributed by atoms with Crippen molar-refractivity contribution in [1.29, 1.82) is 0 Å². The largest absolute Gasteiger partial charge is 0.402 e. The standard InChI is InChI=1S/C27H34FN3O4S/c1-13(2)22(20(32)9-15(4)29)25(34)19-10-21(33)24(28)23(19)27(35)30-11-18-7-6-17(8-14(18)3)26-16(5)31-12-36-26/h6-9,12-13,19,21-24,33H,10-11,29H2,1-5H3,(H,30,35)/t19?,21-,22?,23-,24?/m0/s1. The number of thiazole rings is 1. The molecule has 1 heterocycles. The van der Waals surface area contributed by atoms with Gasteiger partial charge in [0.2, 0.25) is 5.91 Å². The Morgan fingerprint density at radius 2 is 2.00 bits per heavy atom. The van der Waals surface area contributed by atoms with Gasteiger partial charge in [0.1, 0.15) is 12.0 Å². The van der Waals surface area contributed by atoms with E-state index in [-0.39, 0.29) is 24.6 Å². The molecule has 1 aliphatic rings. The van der Waals surface area contributed by atoms with Crippen molar-refractivity contribution in [2.45, 2.75) is 59.9 Å². The van der Waals surface area contributed by atoms with Gasteiger partial charge in [0, 0.05) is 24.2 Å². The molecule has 0 radical (unpaired) electrons. The summed E-state index contributed by atoms with van der Waals surface area (Å²) in [5, 5.41) is 12.9. The first-order chi connectivity index (χ1) is 16.9. The number of benzene rings is 1. The molecule has 1 aromatic heterocycles. The quantitative estimate of drug-likeness (QED) is 0.346. The van der Waals surface area contributed by atoms with Gasteiger partial charge in [0.15, 0.2) is 5.78 Å². The number of Topliss-reactive ketones (excluding diaryl/α,β-unsaturated/α-hetero) is 1. The number of nitrogens with two attached hydrogens (primary N) is 1. The first-order valence-corrected chi connectivity index (χ1v) is 12.9. The van der Waals surface area contributed by atoms with Crippen LogP contribution in [0.5, 0.6) is 0 Å². The molecule has 9 heteroatoms. The number of allylic oxidation sites excluding steroid dienone is 2. The van der Waals surface area contributed by atoms with Gasteiger partial charge in [0.25, 0.3) is 0 Å². The van der Waals surface area contributed by atoms with Gasteiger partial charge in [-0.05, 0) is 49.8 Å². The van der Waals surface area contributed by atoms with E-state index in [4.69, 9.17) is 5.73 Å². The lowest BCUT2D eigenvalue weighted by Crippen LogP contribution is -2.43. The van der Waals surface area contributed by atoms with Crippen LogP contribution in [0.15, 0.2) is 35.5 Å². The Morgan fingerprint density at radius 3 is 2.56 bits per heavy atom. The zero-order chi connectivity index (χ0) is 26.7. The Bertz CT molecular complexity index is 1170. The van der Waals surface area contributed by atoms with Crippen LogP contribution in [0.1, 0.15) is 44.0 Å². The van der Waals surface area contributed by atoms with Crippen LogP contribution in [0.2, 0.25) is 0 Å². The Morgan fingerprint density at radius 1 is 1.31 bits per heavy atom. The minimum Gasteiger partial charge on any atom is -0.402 e. The summed E-state index contributed by atoms with van der Waals surface area (Å²) in [6.07, 6.45) is -2.36. The number of hydrogen-bond acceptors (Lipinski definition) is 7. The molecular formula is C27H34FN3O4S. The van der Waals surface area contributed by atoms with Crippen LogP contribution in [-0.2, 0) is 20.9 Å². The van der Waals surface area contributed by atoms with Crippen molar-refractivity contribution < 1.29 is 23.9 Å². The molecule has 36 heavy (non-hydrogen) atoms. The molecule has 5 atom stereocenters. The number of carbonyl (C=O) groups is 3. The zero-order valence-corrected chi connectivity index (χ0v) is 22.1. The molecule has 7 nitrogen and oxygen atoms in total. The minimum absolute atomic E-state index is 0.147. The van der Waals surface area contributed by atoms with Gasteiger partial charge in [-0.3, -0.25) is 14.4 Å². The van der Waals surface area contributed by atoms with Crippen molar-refractivity contribution >= 4 is 28.8 Å². The molecule has 2 aromatic rings. The van der Waals surface area contributed by atoms with Crippen molar-refractivity contribution in [3.63, 3.8) is 0 Å². The van der Waals surface area contributed by atoms with Gasteiger partial charge in [-0.25, -0.2) is 9.37 Å². The molecule has 1 fully saturated rings. The summed E-state index contributed by atoms with van der Waals surface area (Å²) in [6.45, 7) is 8.99. The number of carbonyl (C=O) groups excluding carboxylic acids is 3. The van der Waals surface area contributed by atoms with Gasteiger partial charge < -0.3 is 16.2 Å². The van der Waals surface area contributed by atoms with Crippen molar-refractivity contribution in [1.82, 2.24) is 10.3 Å². The molecule has 0 spiro atoms. The summed E-state index contributed by atoms with van der Waals surface area (Å²) in [6, 6.07) is 5.86. The minimum atomic E-state index is -1.90. The monoisotopic (exact) mass is 515 g/mol. The Hall–Kier alpha value is -2.91. The highest BCUT2D eigenvalue weighted by molar-refractivity contribution is 7.13. The van der Waals surface area contributed by atoms with Crippen LogP contribution in [0, 0.1) is 37.5 Å². The van der Waals surface area contributed by atoms with Crippen LogP contribution in [0.4, 0.5) is 4.39 Å². The van der Waals surface area contributed by atoms with E-state index in [1.54, 1.807) is 37.6 Å². The van der Waals surface area contributed by atoms with E-state index in [1.165, 1.54) is 6.08 Å². The smallest absolute Gasteiger partial charge is 0.227 e. The van der Waals surface area contributed by atoms with E-state index in [0.29, 0.717) is 0 Å². The van der Waals surface area contributed by atoms with Crippen LogP contribution in [0.3, 0.4) is 0 Å². The predicted molar refractivity (Wildman–Crippen MR) is 138 cm³/mol. The molecule has 1 aromatic carbocycles. The molecule has 1 aliphatic carbocycles. The molecule has 0 bridgehead atoms. The molecule has 0 saturated heterocycles. The second-order valence-corrected chi connectivity index (χ2v) is 10.8. The third-order valence-electron chi connectivity index (χ3n) is 6.76. The maximum absolute atomic E-state index is 15.0. The van der Waals surface area contributed by atoms with E-state index in [2.05, 4.69) is 10.3 Å². The normalized spacial score (nSPS) is 23.1. The van der Waals surface area contributed by atoms with E-state index in [0.717, 1.165) is 27.3 Å². The lowest BCUT2D eigenvalue weighted by atomic mass is 9.77. The van der Waals surface area contributed by atoms with Crippen LogP contribution < -0.4 is 11.1 Å². The number of hydrogen-bond donors (Lipinski definition) is 3. The van der Waals surface area contributed by atoms with Gasteiger partial charge >= 0.3 is 0 Å². The topological polar surface area (TPSA) is 122 Å². The number of aryl methyl sites for hydroxylation is 2. The van der Waals surface area contributed by atoms with E-state index in [1.807, 2.05) is 32.0 Å². The highest BCUT2D eigenvalue weighted by Gasteiger charge is 2.52. The third kappa shape index (κ3) is 5.90. The number of aliphatic hydroxyl groups excluding tert-OH is 1. The SMILES string of the molecule is CC(N)=CC(=O)C(C(=O)C1C[C@H](O)C(F)[C@H]1C(=O)NCc1ccc(-c2scnc2C)cc1C)C(C)C. The number of ketones is 2. The summed E-state index contributed by atoms with van der Waals surface area (Å²) < 4.78 is 15.0. The van der Waals surface area contributed by atoms with Crippen LogP contribution in [-0.4, -0.2) is 39.8 Å². The predicted octanol–water partition coefficient (Wildman–Crippen LogP) is 3.65. The Kier molecular flexibility index (Phi) is 8.79. The summed E-state index contributed by atoms with van der Waals surface area (Å²) in [5.74, 6) is -5.57. The van der Waals surface area contributed by atoms with E-state index >= 15 is 0 Å². The average Bonchev–Trinajstić information content (AvgIpc) is 3.34. The first-order valence-electron chi connectivity index (χ1n) is 12.0. The molecule has 194 valence electrons. The van der Waals surface area contributed by atoms with E-state index < -0.39 is 47.5 Å². The number of rotatable bonds is 9. The molecule has 0 aliphatic heterocycles. The molecular weight excluding hydrogens is 481 g/mol. The summed E-state index contributed by atoms with van der Waals surface area (Å²) in [5.41, 5.74) is 11.4. The van der Waals surface area contributed by atoms with Gasteiger partial charge in [0.05, 0.1) is 34.0 Å². The third-order valence-corrected chi connectivity index (χ3v) is 7.74. The average molecular weight is 516 g/mol. The van der Waals surface area contributed by atoms with Crippen LogP contribution in [0.25, 0.3) is 10.4 Å². The van der Waals surface area contributed by atoms with Crippen molar-refractivity contribution in [3.05, 3.63) is 52.3 Å². The fourth-order valence-electron chi connectivity index (χ4n) is 4.88. The number of nitrogens with one attached hydrogen (secondary N) is 1. The zero-order valence-electron chi connectivity index (χ0n) is 21.2. The second-order valence-electron chi connectivity index (χ2n) is 9.92. The van der Waals surface area contributed by atoms with E-state index in [9.17, 15) is 23.9 Å². The summed E-state index contributed by atoms with van der Waals surface area (Å²) in [7, 11) is 0. The highest BCUT2D eigenvalue weighted by atomic mass is 32.1. The van der Waals surface area contributed by atoms with Crippen molar-refractivity contribution in [3.8, 4) is 10.4 Å². The van der Waals surface area contributed by atoms with Gasteiger partial charge in [-0.2, -0.15) is 0 Å². The first kappa shape index (κ1) is 27.7. The fourth-order valence-corrected chi connectivity index (χ4v) is 5.68. The molecule has 4 N–H and O–H groups in total. The number of amides is 1. The second kappa shape index (κ2) is 11.4. The highest BCUT2D eigenvalue weighted by Crippen LogP contribution is 2.38. The fraction of sp³-hybridized carbons (Fsp3) is 0.481. The van der Waals surface area contributed by atoms with Crippen LogP contribution >= 0.6 is 11.3 Å². The lowest BCUT2D eigenvalue weighted by molar-refractivity contribution is -0.140. The lowest BCUT2D eigenvalue weighted by Gasteiger charge is -2.25. The maximum Gasteiger partial charge on any atom is 0.227 e. The number of aromatic nitrogens is 1. The Balaban J connectivity index is 1.77. The number of alkyl halides is 1. The van der Waals surface area contributed by atoms with Gasteiger partial charge in [-0.15, -0.1) is 11.3 Å². The number of nitrogens with zero attached hydrogens (tertiary/aromatic N) is 1. The number of aliphatic hydroxyl groups is 1. The molecule has 3 rings (SSSR count). The summed E-state index contributed by atoms with van der Waals surface area (Å²) >= 11 is 1.55. The molecule has 1 amide bonds. The van der Waals surface area contributed by atoms with Crippen molar-refractivity contribution in [2.24, 2.45) is 29.4 Å². The molecule has 3 unspecified atom stereocenters. The van der Waals surface area contributed by atoms with Crippen molar-refractivity contribution in [2.75, 3.05) is 0 Å². The maximum atomic E-state index is 15.0. The summed E-state index contributed by atoms with van der Waals surface area (Å²) in [4.78, 5) is 44.5. The molecule has 1 saturated carbocycles. The Labute approximate surface area is 215 Å². The van der Waals surface area contributed by atoms with Gasteiger partial charge in [-0.1, -0.05) is 32.0 Å². The number of halogens is 1.